The SMILES string of the molecule is [2H]OC(=O)CCCC(=O)O. The normalized spacial score (nSPS) is 10.0. The largest absolute Gasteiger partial charge is 0.481 e. The Morgan fingerprint density at radius 2 is 1.89 bits per heavy atom. The second kappa shape index (κ2) is 3.88. The van der Waals surface area contributed by atoms with Crippen molar-refractivity contribution in [1.82, 2.24) is 0 Å². The molecule has 0 spiro atoms. The van der Waals surface area contributed by atoms with Gasteiger partial charge < -0.3 is 10.2 Å². The van der Waals surface area contributed by atoms with Crippen LogP contribution in [0.4, 0.5) is 0 Å². The number of carboxylic acids is 2. The highest BCUT2D eigenvalue weighted by Crippen LogP contribution is 1.93. The average Bonchev–Trinajstić information content (AvgIpc) is 1.87. The molecule has 52 valence electrons. The predicted octanol–water partition coefficient (Wildman–Crippen LogP) is 0.326. The quantitative estimate of drug-likeness (QED) is 0.579. The molecule has 0 aromatic rings. The molecule has 0 rings (SSSR count). The molecule has 4 nitrogen and oxygen atoms in total. The summed E-state index contributed by atoms with van der Waals surface area (Å²) in [5.74, 6) is -1.64. The molecule has 0 saturated carbocycles. The van der Waals surface area contributed by atoms with E-state index in [1.165, 1.54) is 0 Å². The van der Waals surface area contributed by atoms with Crippen molar-refractivity contribution in [3.63, 3.8) is 0 Å². The molecule has 0 aliphatic rings. The van der Waals surface area contributed by atoms with E-state index in [2.05, 4.69) is 5.11 Å². The van der Waals surface area contributed by atoms with E-state index in [0.717, 1.165) is 0 Å². The summed E-state index contributed by atoms with van der Waals surface area (Å²) < 4.78 is 6.10. The average molecular weight is 133 g/mol. The van der Waals surface area contributed by atoms with Crippen molar-refractivity contribution in [3.8, 4) is 0 Å². The number of carboxylic acid groups (broad SMARTS) is 2. The van der Waals surface area contributed by atoms with E-state index in [1.54, 1.807) is 0 Å². The highest BCUT2D eigenvalue weighted by molar-refractivity contribution is 5.69. The Balaban J connectivity index is 3.20. The van der Waals surface area contributed by atoms with Gasteiger partial charge in [0.25, 0.3) is 1.43 Å². The van der Waals surface area contributed by atoms with Crippen molar-refractivity contribution in [2.45, 2.75) is 19.3 Å². The predicted molar refractivity (Wildman–Crippen MR) is 29.1 cm³/mol. The van der Waals surface area contributed by atoms with Crippen molar-refractivity contribution in [2.75, 3.05) is 0 Å². The summed E-state index contributed by atoms with van der Waals surface area (Å²) in [5, 5.41) is 11.7. The lowest BCUT2D eigenvalue weighted by Gasteiger charge is -1.89. The van der Waals surface area contributed by atoms with Gasteiger partial charge in [-0.2, -0.15) is 0 Å². The molecule has 0 heterocycles. The Hall–Kier alpha value is -1.06. The summed E-state index contributed by atoms with van der Waals surface area (Å²) in [7, 11) is 0. The van der Waals surface area contributed by atoms with Crippen molar-refractivity contribution in [1.29, 1.82) is 1.43 Å². The van der Waals surface area contributed by atoms with Gasteiger partial charge in [-0.1, -0.05) is 0 Å². The van der Waals surface area contributed by atoms with E-state index >= 15 is 0 Å². The zero-order valence-corrected chi connectivity index (χ0v) is 4.79. The van der Waals surface area contributed by atoms with Gasteiger partial charge in [-0.15, -0.1) is 0 Å². The van der Waals surface area contributed by atoms with Crippen LogP contribution in [-0.4, -0.2) is 22.2 Å². The van der Waals surface area contributed by atoms with Gasteiger partial charge in [0.1, 0.15) is 0 Å². The Morgan fingerprint density at radius 1 is 1.33 bits per heavy atom. The van der Waals surface area contributed by atoms with Crippen LogP contribution in [0.2, 0.25) is 0 Å². The third-order valence-electron chi connectivity index (χ3n) is 0.772. The first-order valence-electron chi connectivity index (χ1n) is 2.95. The summed E-state index contributed by atoms with van der Waals surface area (Å²) in [6, 6.07) is 0. The molecular formula is C5H8O4. The fraction of sp³-hybridized carbons (Fsp3) is 0.600. The van der Waals surface area contributed by atoms with Crippen LogP contribution in [0.25, 0.3) is 1.43 Å². The summed E-state index contributed by atoms with van der Waals surface area (Å²) in [6.45, 7) is 0. The van der Waals surface area contributed by atoms with Gasteiger partial charge in [-0.05, 0) is 6.42 Å². The maximum absolute atomic E-state index is 10.2. The number of aliphatic carboxylic acids is 2. The first-order valence-corrected chi connectivity index (χ1v) is 2.54. The molecule has 0 fully saturated rings. The number of rotatable bonds is 4. The summed E-state index contributed by atoms with van der Waals surface area (Å²) in [6.07, 6.45) is 0.165. The second-order valence-electron chi connectivity index (χ2n) is 1.62. The van der Waals surface area contributed by atoms with Gasteiger partial charge >= 0.3 is 11.9 Å². The highest BCUT2D eigenvalue weighted by atomic mass is 16.4. The summed E-state index contributed by atoms with van der Waals surface area (Å²) in [4.78, 5) is 20.1. The van der Waals surface area contributed by atoms with Crippen LogP contribution in [-0.2, 0) is 9.59 Å². The van der Waals surface area contributed by atoms with Crippen molar-refractivity contribution in [3.05, 3.63) is 0 Å². The van der Waals surface area contributed by atoms with Crippen molar-refractivity contribution in [2.24, 2.45) is 0 Å². The summed E-state index contributed by atoms with van der Waals surface area (Å²) >= 11 is 0. The molecule has 0 radical (unpaired) electrons. The second-order valence-corrected chi connectivity index (χ2v) is 1.62. The van der Waals surface area contributed by atoms with E-state index < -0.39 is 11.9 Å². The Morgan fingerprint density at radius 3 is 2.33 bits per heavy atom. The van der Waals surface area contributed by atoms with Gasteiger partial charge in [-0.25, -0.2) is 0 Å². The first kappa shape index (κ1) is 6.07. The topological polar surface area (TPSA) is 74.6 Å². The van der Waals surface area contributed by atoms with Crippen LogP contribution in [0.5, 0.6) is 0 Å². The van der Waals surface area contributed by atoms with Gasteiger partial charge in [0, 0.05) is 12.8 Å². The molecule has 0 aromatic heterocycles. The van der Waals surface area contributed by atoms with E-state index in [4.69, 9.17) is 6.54 Å². The minimum absolute atomic E-state index is 0.00417. The van der Waals surface area contributed by atoms with Crippen molar-refractivity contribution >= 4 is 11.9 Å². The van der Waals surface area contributed by atoms with Gasteiger partial charge in [-0.3, -0.25) is 9.59 Å². The zero-order valence-electron chi connectivity index (χ0n) is 5.79. The minimum atomic E-state index is -0.946. The molecule has 0 unspecified atom stereocenters. The molecule has 0 saturated heterocycles. The Bertz CT molecular complexity index is 134. The monoisotopic (exact) mass is 133 g/mol. The Labute approximate surface area is 53.6 Å². The molecule has 0 aliphatic carbocycles. The maximum atomic E-state index is 10.2. The molecule has 9 heavy (non-hydrogen) atoms. The lowest BCUT2D eigenvalue weighted by Crippen LogP contribution is -1.98. The smallest absolute Gasteiger partial charge is 0.303 e. The fourth-order valence-corrected chi connectivity index (χ4v) is 0.384. The van der Waals surface area contributed by atoms with Crippen LogP contribution in [0, 0.1) is 0 Å². The van der Waals surface area contributed by atoms with Crippen LogP contribution >= 0.6 is 0 Å². The number of hydrogen-bond donors (Lipinski definition) is 2. The number of hydrogen-bond acceptors (Lipinski definition) is 3. The number of carbonyl (C=O) groups is 2. The molecule has 2 N–H and O–H groups in total. The Kier molecular flexibility index (Phi) is 2.62. The van der Waals surface area contributed by atoms with Gasteiger partial charge in [0.15, 0.2) is 0 Å². The standard InChI is InChI=1S/C5H8O4/c6-4(7)2-1-3-5(8)9/h1-3H2,(H,6,7)(H,8,9)/i/hD. The van der Waals surface area contributed by atoms with Crippen LogP contribution in [0.15, 0.2) is 0 Å². The minimum Gasteiger partial charge on any atom is -0.481 e. The van der Waals surface area contributed by atoms with Gasteiger partial charge in [0.2, 0.25) is 0 Å². The van der Waals surface area contributed by atoms with E-state index in [-0.39, 0.29) is 19.3 Å². The lowest BCUT2D eigenvalue weighted by atomic mass is 10.2. The van der Waals surface area contributed by atoms with Crippen LogP contribution in [0.1, 0.15) is 19.3 Å². The molecule has 0 atom stereocenters. The summed E-state index contributed by atoms with van der Waals surface area (Å²) in [5.41, 5.74) is 0. The fourth-order valence-electron chi connectivity index (χ4n) is 0.384. The molecule has 0 aliphatic heterocycles. The lowest BCUT2D eigenvalue weighted by molar-refractivity contribution is -0.138. The van der Waals surface area contributed by atoms with Gasteiger partial charge in [0.05, 0.1) is 0 Å². The molecule has 4 heteroatoms. The van der Waals surface area contributed by atoms with E-state index in [0.29, 0.717) is 0 Å². The van der Waals surface area contributed by atoms with Crippen molar-refractivity contribution < 1.29 is 19.8 Å². The van der Waals surface area contributed by atoms with Crippen LogP contribution in [0.3, 0.4) is 0 Å². The zero-order chi connectivity index (χ0) is 7.98. The maximum Gasteiger partial charge on any atom is 0.303 e. The van der Waals surface area contributed by atoms with E-state index in [9.17, 15) is 9.59 Å². The van der Waals surface area contributed by atoms with Crippen LogP contribution < -0.4 is 0 Å². The highest BCUT2D eigenvalue weighted by Gasteiger charge is 1.99. The third-order valence-corrected chi connectivity index (χ3v) is 0.772. The third kappa shape index (κ3) is 6.94. The molecule has 0 amide bonds. The molecule has 0 bridgehead atoms. The van der Waals surface area contributed by atoms with E-state index in [1.807, 2.05) is 0 Å². The first-order chi connectivity index (χ1) is 4.66. The molecule has 0 aromatic carbocycles. The molecular weight excluding hydrogens is 124 g/mol.